The van der Waals surface area contributed by atoms with Crippen molar-refractivity contribution >= 4 is 17.8 Å². The van der Waals surface area contributed by atoms with Gasteiger partial charge in [0.25, 0.3) is 5.91 Å². The number of aromatic nitrogens is 2. The Kier molecular flexibility index (Phi) is 8.99. The molecule has 0 saturated carbocycles. The lowest BCUT2D eigenvalue weighted by Crippen LogP contribution is -2.36. The molecule has 1 heterocycles. The molecule has 1 aromatic carbocycles. The molecule has 0 atom stereocenters. The summed E-state index contributed by atoms with van der Waals surface area (Å²) in [7, 11) is 2.72. The van der Waals surface area contributed by atoms with Gasteiger partial charge in [-0.25, -0.2) is 4.68 Å². The number of esters is 2. The molecule has 0 unspecified atom stereocenters. The molecule has 0 saturated heterocycles. The minimum atomic E-state index is -0.338. The number of amides is 1. The quantitative estimate of drug-likeness (QED) is 0.524. The zero-order valence-electron chi connectivity index (χ0n) is 19.8. The van der Waals surface area contributed by atoms with Crippen LogP contribution >= 0.6 is 0 Å². The third kappa shape index (κ3) is 6.42. The van der Waals surface area contributed by atoms with Gasteiger partial charge < -0.3 is 14.4 Å². The summed E-state index contributed by atoms with van der Waals surface area (Å²) >= 11 is 0. The van der Waals surface area contributed by atoms with E-state index in [0.29, 0.717) is 31.5 Å². The van der Waals surface area contributed by atoms with Gasteiger partial charge in [-0.3, -0.25) is 14.4 Å². The zero-order valence-corrected chi connectivity index (χ0v) is 19.8. The van der Waals surface area contributed by atoms with Crippen molar-refractivity contribution in [2.24, 2.45) is 5.92 Å². The lowest BCUT2D eigenvalue weighted by Gasteiger charge is -2.24. The van der Waals surface area contributed by atoms with Crippen molar-refractivity contribution in [3.05, 3.63) is 46.8 Å². The van der Waals surface area contributed by atoms with Crippen LogP contribution < -0.4 is 0 Å². The van der Waals surface area contributed by atoms with Crippen LogP contribution in [-0.4, -0.2) is 59.8 Å². The Morgan fingerprint density at radius 2 is 1.59 bits per heavy atom. The van der Waals surface area contributed by atoms with Crippen LogP contribution in [0.15, 0.2) is 24.3 Å². The molecule has 0 aliphatic rings. The third-order valence-corrected chi connectivity index (χ3v) is 5.29. The highest BCUT2D eigenvalue weighted by Gasteiger charge is 2.19. The molecular weight excluding hydrogens is 410 g/mol. The number of hydrogen-bond donors (Lipinski definition) is 0. The minimum Gasteiger partial charge on any atom is -0.469 e. The lowest BCUT2D eigenvalue weighted by molar-refractivity contribution is -0.141. The highest BCUT2D eigenvalue weighted by Crippen LogP contribution is 2.20. The van der Waals surface area contributed by atoms with E-state index in [2.05, 4.69) is 5.10 Å². The van der Waals surface area contributed by atoms with Gasteiger partial charge >= 0.3 is 11.9 Å². The van der Waals surface area contributed by atoms with E-state index < -0.39 is 0 Å². The fraction of sp³-hybridized carbons (Fsp3) is 0.500. The van der Waals surface area contributed by atoms with E-state index >= 15 is 0 Å². The first-order valence-corrected chi connectivity index (χ1v) is 10.8. The van der Waals surface area contributed by atoms with Crippen LogP contribution in [0, 0.1) is 19.8 Å². The first kappa shape index (κ1) is 25.1. The molecule has 0 radical (unpaired) electrons. The van der Waals surface area contributed by atoms with E-state index in [9.17, 15) is 14.4 Å². The smallest absolute Gasteiger partial charge is 0.307 e. The monoisotopic (exact) mass is 443 g/mol. The van der Waals surface area contributed by atoms with E-state index in [-0.39, 0.29) is 30.2 Å². The maximum absolute atomic E-state index is 13.0. The van der Waals surface area contributed by atoms with Crippen LogP contribution in [0.25, 0.3) is 5.69 Å². The highest BCUT2D eigenvalue weighted by atomic mass is 16.5. The SMILES string of the molecule is COC(=O)CCc1c(C)nn(-c2ccc(C(=O)N(CCC(=O)OC)CC(C)C)cc2)c1C. The molecule has 2 aromatic rings. The second kappa shape index (κ2) is 11.5. The summed E-state index contributed by atoms with van der Waals surface area (Å²) in [6.45, 7) is 8.80. The molecule has 0 spiro atoms. The van der Waals surface area contributed by atoms with E-state index in [4.69, 9.17) is 9.47 Å². The van der Waals surface area contributed by atoms with Gasteiger partial charge in [0.1, 0.15) is 0 Å². The molecule has 8 heteroatoms. The van der Waals surface area contributed by atoms with Gasteiger partial charge in [-0.15, -0.1) is 0 Å². The summed E-state index contributed by atoms with van der Waals surface area (Å²) in [5, 5.41) is 4.61. The van der Waals surface area contributed by atoms with Gasteiger partial charge in [0.2, 0.25) is 0 Å². The maximum atomic E-state index is 13.0. The van der Waals surface area contributed by atoms with E-state index in [1.165, 1.54) is 14.2 Å². The van der Waals surface area contributed by atoms with Crippen molar-refractivity contribution in [1.82, 2.24) is 14.7 Å². The van der Waals surface area contributed by atoms with E-state index in [1.807, 2.05) is 44.5 Å². The summed E-state index contributed by atoms with van der Waals surface area (Å²) in [6, 6.07) is 7.25. The molecule has 8 nitrogen and oxygen atoms in total. The molecule has 0 aliphatic carbocycles. The number of benzene rings is 1. The van der Waals surface area contributed by atoms with Gasteiger partial charge in [-0.1, -0.05) is 13.8 Å². The first-order valence-electron chi connectivity index (χ1n) is 10.8. The molecular formula is C24H33N3O5. The Bertz CT molecular complexity index is 947. The normalized spacial score (nSPS) is 10.8. The lowest BCUT2D eigenvalue weighted by atomic mass is 10.1. The Labute approximate surface area is 189 Å². The number of hydrogen-bond acceptors (Lipinski definition) is 6. The average Bonchev–Trinajstić information content (AvgIpc) is 3.07. The average molecular weight is 444 g/mol. The molecule has 0 bridgehead atoms. The van der Waals surface area contributed by atoms with Crippen LogP contribution in [0.2, 0.25) is 0 Å². The van der Waals surface area contributed by atoms with Crippen LogP contribution in [-0.2, 0) is 25.5 Å². The fourth-order valence-corrected chi connectivity index (χ4v) is 3.59. The molecule has 174 valence electrons. The van der Waals surface area contributed by atoms with Crippen LogP contribution in [0.5, 0.6) is 0 Å². The van der Waals surface area contributed by atoms with Crippen molar-refractivity contribution in [3.63, 3.8) is 0 Å². The van der Waals surface area contributed by atoms with E-state index in [0.717, 1.165) is 22.6 Å². The molecule has 1 amide bonds. The Morgan fingerprint density at radius 1 is 1.00 bits per heavy atom. The van der Waals surface area contributed by atoms with E-state index in [1.54, 1.807) is 17.0 Å². The highest BCUT2D eigenvalue weighted by molar-refractivity contribution is 5.94. The Balaban J connectivity index is 2.20. The van der Waals surface area contributed by atoms with Crippen molar-refractivity contribution in [2.75, 3.05) is 27.3 Å². The standard InChI is InChI=1S/C24H33N3O5/c1-16(2)15-26(14-13-23(29)32-6)24(30)19-7-9-20(10-8-19)27-18(4)21(17(3)25-27)11-12-22(28)31-5/h7-10,16H,11-15H2,1-6H3. The third-order valence-electron chi connectivity index (χ3n) is 5.29. The summed E-state index contributed by atoms with van der Waals surface area (Å²) in [5.74, 6) is -0.442. The number of ether oxygens (including phenoxy) is 2. The van der Waals surface area contributed by atoms with Crippen LogP contribution in [0.3, 0.4) is 0 Å². The second-order valence-corrected chi connectivity index (χ2v) is 8.16. The van der Waals surface area contributed by atoms with Crippen LogP contribution in [0.1, 0.15) is 54.0 Å². The van der Waals surface area contributed by atoms with Crippen LogP contribution in [0.4, 0.5) is 0 Å². The zero-order chi connectivity index (χ0) is 23.8. The van der Waals surface area contributed by atoms with Gasteiger partial charge in [0, 0.05) is 30.8 Å². The first-order chi connectivity index (χ1) is 15.2. The van der Waals surface area contributed by atoms with Crippen molar-refractivity contribution in [1.29, 1.82) is 0 Å². The van der Waals surface area contributed by atoms with Gasteiger partial charge in [-0.05, 0) is 56.0 Å². The number of nitrogens with zero attached hydrogens (tertiary/aromatic N) is 3. The molecule has 1 aromatic heterocycles. The number of aryl methyl sites for hydroxylation is 1. The minimum absolute atomic E-state index is 0.124. The molecule has 0 aliphatic heterocycles. The maximum Gasteiger partial charge on any atom is 0.307 e. The number of rotatable bonds is 10. The summed E-state index contributed by atoms with van der Waals surface area (Å²) in [4.78, 5) is 37.8. The second-order valence-electron chi connectivity index (χ2n) is 8.16. The summed E-state index contributed by atoms with van der Waals surface area (Å²) in [5.41, 5.74) is 4.20. The molecule has 0 N–H and O–H groups in total. The fourth-order valence-electron chi connectivity index (χ4n) is 3.59. The number of carbonyl (C=O) groups excluding carboxylic acids is 3. The predicted octanol–water partition coefficient (Wildman–Crippen LogP) is 3.26. The molecule has 0 fully saturated rings. The Morgan fingerprint density at radius 3 is 2.16 bits per heavy atom. The van der Waals surface area contributed by atoms with Crippen molar-refractivity contribution in [3.8, 4) is 5.69 Å². The summed E-state index contributed by atoms with van der Waals surface area (Å²) in [6.07, 6.45) is 1.02. The Hall–Kier alpha value is -3.16. The van der Waals surface area contributed by atoms with Gasteiger partial charge in [-0.2, -0.15) is 5.10 Å². The van der Waals surface area contributed by atoms with Crippen molar-refractivity contribution < 1.29 is 23.9 Å². The summed E-state index contributed by atoms with van der Waals surface area (Å²) < 4.78 is 11.3. The molecule has 2 rings (SSSR count). The van der Waals surface area contributed by atoms with Crippen molar-refractivity contribution in [2.45, 2.75) is 47.0 Å². The predicted molar refractivity (Wildman–Crippen MR) is 121 cm³/mol. The largest absolute Gasteiger partial charge is 0.469 e. The number of carbonyl (C=O) groups is 3. The van der Waals surface area contributed by atoms with Gasteiger partial charge in [0.15, 0.2) is 0 Å². The number of methoxy groups -OCH3 is 2. The molecule has 32 heavy (non-hydrogen) atoms. The van der Waals surface area contributed by atoms with Gasteiger partial charge in [0.05, 0.1) is 32.0 Å². The topological polar surface area (TPSA) is 90.7 Å².